The third-order valence-corrected chi connectivity index (χ3v) is 4.48. The van der Waals surface area contributed by atoms with E-state index >= 15 is 0 Å². The molecule has 0 spiro atoms. The third-order valence-electron chi connectivity index (χ3n) is 2.65. The monoisotopic (exact) mass is 274 g/mol. The Morgan fingerprint density at radius 1 is 1.71 bits per heavy atom. The number of hydrogen-bond donors (Lipinski definition) is 2. The predicted molar refractivity (Wildman–Crippen MR) is 64.6 cm³/mol. The average molecular weight is 275 g/mol. The van der Waals surface area contributed by atoms with Crippen LogP contribution in [0.25, 0.3) is 0 Å². The summed E-state index contributed by atoms with van der Waals surface area (Å²) in [5, 5.41) is 5.57. The Morgan fingerprint density at radius 2 is 2.57 bits per heavy atom. The normalized spacial score (nSPS) is 24.0. The van der Waals surface area contributed by atoms with Gasteiger partial charge in [0.05, 0.1) is 0 Å². The van der Waals surface area contributed by atoms with Crippen molar-refractivity contribution in [3.63, 3.8) is 0 Å². The molecular formula is C10H15BrN2S. The lowest BCUT2D eigenvalue weighted by molar-refractivity contribution is 0.503. The fraction of sp³-hybridized carbons (Fsp3) is 0.600. The maximum absolute atomic E-state index is 6.14. The molecule has 2 atom stereocenters. The molecule has 1 fully saturated rings. The minimum absolute atomic E-state index is 0.196. The molecule has 0 radical (unpaired) electrons. The van der Waals surface area contributed by atoms with E-state index in [9.17, 15) is 0 Å². The van der Waals surface area contributed by atoms with Gasteiger partial charge in [-0.1, -0.05) is 0 Å². The number of rotatable bonds is 3. The molecule has 2 heterocycles. The molecule has 1 aliphatic heterocycles. The fourth-order valence-corrected chi connectivity index (χ4v) is 3.36. The average Bonchev–Trinajstić information content (AvgIpc) is 2.75. The summed E-state index contributed by atoms with van der Waals surface area (Å²) in [6.07, 6.45) is 3.64. The number of nitrogens with one attached hydrogen (secondary N) is 1. The molecule has 1 aromatic heterocycles. The molecule has 1 aromatic rings. The first-order valence-electron chi connectivity index (χ1n) is 4.98. The summed E-state index contributed by atoms with van der Waals surface area (Å²) in [5.41, 5.74) is 6.14. The molecule has 0 aliphatic carbocycles. The van der Waals surface area contributed by atoms with E-state index in [2.05, 4.69) is 32.7 Å². The highest BCUT2D eigenvalue weighted by atomic mass is 79.9. The van der Waals surface area contributed by atoms with Crippen LogP contribution in [0.15, 0.2) is 15.9 Å². The first kappa shape index (κ1) is 10.6. The van der Waals surface area contributed by atoms with Crippen molar-refractivity contribution in [2.24, 2.45) is 5.73 Å². The standard InChI is InChI=1S/C10H15BrN2S/c11-7-4-10(14-6-7)9(12)5-8-2-1-3-13-8/h4,6,8-9,13H,1-3,5,12H2. The van der Waals surface area contributed by atoms with Gasteiger partial charge >= 0.3 is 0 Å². The van der Waals surface area contributed by atoms with Crippen LogP contribution in [0.2, 0.25) is 0 Å². The van der Waals surface area contributed by atoms with Crippen LogP contribution >= 0.6 is 27.3 Å². The largest absolute Gasteiger partial charge is 0.323 e. The summed E-state index contributed by atoms with van der Waals surface area (Å²) in [7, 11) is 0. The Kier molecular flexibility index (Phi) is 3.60. The first-order valence-corrected chi connectivity index (χ1v) is 6.66. The van der Waals surface area contributed by atoms with Crippen LogP contribution in [0.4, 0.5) is 0 Å². The Bertz CT molecular complexity index is 294. The van der Waals surface area contributed by atoms with E-state index in [1.807, 2.05) is 0 Å². The number of nitrogens with two attached hydrogens (primary N) is 1. The highest BCUT2D eigenvalue weighted by molar-refractivity contribution is 9.10. The van der Waals surface area contributed by atoms with Crippen molar-refractivity contribution in [1.82, 2.24) is 5.32 Å². The van der Waals surface area contributed by atoms with Crippen LogP contribution in [0.3, 0.4) is 0 Å². The highest BCUT2D eigenvalue weighted by Crippen LogP contribution is 2.27. The van der Waals surface area contributed by atoms with Gasteiger partial charge in [0.15, 0.2) is 0 Å². The maximum atomic E-state index is 6.14. The zero-order valence-corrected chi connectivity index (χ0v) is 10.4. The molecule has 1 aliphatic rings. The van der Waals surface area contributed by atoms with E-state index in [4.69, 9.17) is 5.73 Å². The van der Waals surface area contributed by atoms with Gasteiger partial charge in [0.25, 0.3) is 0 Å². The van der Waals surface area contributed by atoms with Crippen molar-refractivity contribution in [3.05, 3.63) is 20.8 Å². The molecule has 0 aromatic carbocycles. The van der Waals surface area contributed by atoms with Crippen LogP contribution < -0.4 is 11.1 Å². The lowest BCUT2D eigenvalue weighted by atomic mass is 10.1. The zero-order chi connectivity index (χ0) is 9.97. The first-order chi connectivity index (χ1) is 6.75. The van der Waals surface area contributed by atoms with E-state index in [-0.39, 0.29) is 6.04 Å². The van der Waals surface area contributed by atoms with Crippen molar-refractivity contribution >= 4 is 27.3 Å². The van der Waals surface area contributed by atoms with Crippen molar-refractivity contribution in [2.45, 2.75) is 31.3 Å². The molecule has 0 amide bonds. The second kappa shape index (κ2) is 4.75. The number of hydrogen-bond acceptors (Lipinski definition) is 3. The molecule has 2 unspecified atom stereocenters. The van der Waals surface area contributed by atoms with Crippen LogP contribution in [0.1, 0.15) is 30.2 Å². The van der Waals surface area contributed by atoms with Gasteiger partial charge in [-0.05, 0) is 47.8 Å². The van der Waals surface area contributed by atoms with Crippen LogP contribution in [-0.2, 0) is 0 Å². The van der Waals surface area contributed by atoms with Gasteiger partial charge in [0.2, 0.25) is 0 Å². The SMILES string of the molecule is NC(CC1CCCN1)c1cc(Br)cs1. The minimum Gasteiger partial charge on any atom is -0.323 e. The van der Waals surface area contributed by atoms with Crippen LogP contribution in [-0.4, -0.2) is 12.6 Å². The summed E-state index contributed by atoms with van der Waals surface area (Å²) in [5.74, 6) is 0. The van der Waals surface area contributed by atoms with Gasteiger partial charge in [0, 0.05) is 26.8 Å². The van der Waals surface area contributed by atoms with Gasteiger partial charge in [-0.25, -0.2) is 0 Å². The molecule has 4 heteroatoms. The van der Waals surface area contributed by atoms with Gasteiger partial charge in [-0.15, -0.1) is 11.3 Å². The van der Waals surface area contributed by atoms with E-state index < -0.39 is 0 Å². The Balaban J connectivity index is 1.91. The molecule has 3 N–H and O–H groups in total. The van der Waals surface area contributed by atoms with Gasteiger partial charge in [-0.3, -0.25) is 0 Å². The summed E-state index contributed by atoms with van der Waals surface area (Å²) in [4.78, 5) is 1.28. The minimum atomic E-state index is 0.196. The van der Waals surface area contributed by atoms with Gasteiger partial charge in [0.1, 0.15) is 0 Å². The lowest BCUT2D eigenvalue weighted by Gasteiger charge is -2.15. The van der Waals surface area contributed by atoms with E-state index in [1.54, 1.807) is 11.3 Å². The van der Waals surface area contributed by atoms with E-state index in [0.29, 0.717) is 6.04 Å². The number of thiophene rings is 1. The molecule has 2 nitrogen and oxygen atoms in total. The molecule has 1 saturated heterocycles. The maximum Gasteiger partial charge on any atom is 0.0405 e. The molecule has 78 valence electrons. The van der Waals surface area contributed by atoms with E-state index in [1.165, 1.54) is 17.7 Å². The summed E-state index contributed by atoms with van der Waals surface area (Å²) in [6, 6.07) is 2.96. The molecule has 0 bridgehead atoms. The molecule has 0 saturated carbocycles. The van der Waals surface area contributed by atoms with Crippen molar-refractivity contribution < 1.29 is 0 Å². The van der Waals surface area contributed by atoms with E-state index in [0.717, 1.165) is 17.4 Å². The summed E-state index contributed by atoms with van der Waals surface area (Å²) < 4.78 is 1.15. The Morgan fingerprint density at radius 3 is 3.14 bits per heavy atom. The predicted octanol–water partition coefficient (Wildman–Crippen LogP) is 2.65. The second-order valence-electron chi connectivity index (χ2n) is 3.80. The second-order valence-corrected chi connectivity index (χ2v) is 5.66. The van der Waals surface area contributed by atoms with Gasteiger partial charge < -0.3 is 11.1 Å². The van der Waals surface area contributed by atoms with Crippen LogP contribution in [0, 0.1) is 0 Å². The molecule has 2 rings (SSSR count). The van der Waals surface area contributed by atoms with Crippen LogP contribution in [0.5, 0.6) is 0 Å². The smallest absolute Gasteiger partial charge is 0.0405 e. The summed E-state index contributed by atoms with van der Waals surface area (Å²) in [6.45, 7) is 1.16. The zero-order valence-electron chi connectivity index (χ0n) is 8.00. The Labute approximate surface area is 97.0 Å². The Hall–Kier alpha value is 0.1000. The molecule has 14 heavy (non-hydrogen) atoms. The topological polar surface area (TPSA) is 38.0 Å². The lowest BCUT2D eigenvalue weighted by Crippen LogP contribution is -2.26. The fourth-order valence-electron chi connectivity index (χ4n) is 1.90. The third kappa shape index (κ3) is 2.57. The quantitative estimate of drug-likeness (QED) is 0.890. The molecular weight excluding hydrogens is 260 g/mol. The number of halogens is 1. The van der Waals surface area contributed by atoms with Crippen molar-refractivity contribution in [3.8, 4) is 0 Å². The van der Waals surface area contributed by atoms with Crippen molar-refractivity contribution in [2.75, 3.05) is 6.54 Å². The highest BCUT2D eigenvalue weighted by Gasteiger charge is 2.18. The van der Waals surface area contributed by atoms with Gasteiger partial charge in [-0.2, -0.15) is 0 Å². The summed E-state index contributed by atoms with van der Waals surface area (Å²) >= 11 is 5.19. The van der Waals surface area contributed by atoms with Crippen molar-refractivity contribution in [1.29, 1.82) is 0 Å².